The van der Waals surface area contributed by atoms with Crippen LogP contribution in [0.2, 0.25) is 0 Å². The summed E-state index contributed by atoms with van der Waals surface area (Å²) in [6.45, 7) is 0. The van der Waals surface area contributed by atoms with E-state index in [1.54, 1.807) is 0 Å². The minimum absolute atomic E-state index is 0.498. The maximum absolute atomic E-state index is 6.61. The van der Waals surface area contributed by atoms with Crippen LogP contribution in [0.25, 0.3) is 161 Å². The van der Waals surface area contributed by atoms with Crippen molar-refractivity contribution in [3.63, 3.8) is 0 Å². The van der Waals surface area contributed by atoms with E-state index in [1.165, 1.54) is 0 Å². The second-order valence-corrected chi connectivity index (χ2v) is 19.4. The second kappa shape index (κ2) is 16.6. The predicted molar refractivity (Wildman–Crippen MR) is 309 cm³/mol. The topological polar surface area (TPSA) is 83.0 Å². The van der Waals surface area contributed by atoms with Crippen molar-refractivity contribution in [3.05, 3.63) is 243 Å². The summed E-state index contributed by atoms with van der Waals surface area (Å²) in [7, 11) is 0. The van der Waals surface area contributed by atoms with Crippen molar-refractivity contribution in [1.82, 2.24) is 19.5 Å². The monoisotopic (exact) mass is 972 g/mol. The number of aromatic nitrogens is 4. The predicted octanol–water partition coefficient (Wildman–Crippen LogP) is 18.7. The smallest absolute Gasteiger partial charge is 0.238 e. The first-order chi connectivity index (χ1) is 37.6. The van der Waals surface area contributed by atoms with Crippen molar-refractivity contribution in [2.75, 3.05) is 0 Å². The number of nitrogens with zero attached hydrogens (tertiary/aromatic N) is 4. The molecule has 0 atom stereocenters. The van der Waals surface area contributed by atoms with Crippen molar-refractivity contribution < 1.29 is 13.3 Å². The molecule has 7 heteroatoms. The standard InChI is InChI=1S/C69H40N4O3/c1-2-15-41(16-3-1)67-70-68(47-33-35-53-51-21-4-7-29-59(51)75-63(53)40-47)72-69(71-67)73-58-36-34-46(50-26-13-28-55-52-22-5-8-30-60(52)76-66(50)55)39-57(58)54-27-12-25-49(65(54)73)45-20-11-18-43(38-45)42-17-10-19-44(37-42)48-24-14-32-62-64(48)56-23-6-9-31-61(56)74-62/h1-40H. The van der Waals surface area contributed by atoms with Gasteiger partial charge in [-0.2, -0.15) is 9.97 Å². The Balaban J connectivity index is 0.918. The Hall–Kier alpha value is -10.4. The Labute approximate surface area is 434 Å². The summed E-state index contributed by atoms with van der Waals surface area (Å²) in [5, 5.41) is 8.63. The van der Waals surface area contributed by atoms with Gasteiger partial charge in [0, 0.05) is 65.3 Å². The highest BCUT2D eigenvalue weighted by molar-refractivity contribution is 6.17. The molecule has 0 bridgehead atoms. The van der Waals surface area contributed by atoms with E-state index < -0.39 is 0 Å². The molecule has 354 valence electrons. The molecule has 0 N–H and O–H groups in total. The van der Waals surface area contributed by atoms with Crippen LogP contribution in [-0.2, 0) is 0 Å². The maximum atomic E-state index is 6.61. The van der Waals surface area contributed by atoms with Crippen LogP contribution in [0.4, 0.5) is 0 Å². The average molecular weight is 973 g/mol. The van der Waals surface area contributed by atoms with Crippen LogP contribution < -0.4 is 0 Å². The Morgan fingerprint density at radius 1 is 0.276 bits per heavy atom. The Kier molecular flexibility index (Phi) is 9.20. The quantitative estimate of drug-likeness (QED) is 0.158. The van der Waals surface area contributed by atoms with Crippen LogP contribution >= 0.6 is 0 Å². The van der Waals surface area contributed by atoms with Crippen molar-refractivity contribution >= 4 is 87.6 Å². The molecule has 0 saturated carbocycles. The van der Waals surface area contributed by atoms with E-state index in [2.05, 4.69) is 168 Å². The molecule has 0 unspecified atom stereocenters. The molecule has 0 amide bonds. The molecule has 5 aromatic heterocycles. The normalized spacial score (nSPS) is 11.9. The summed E-state index contributed by atoms with van der Waals surface area (Å²) in [5.74, 6) is 1.60. The van der Waals surface area contributed by atoms with Gasteiger partial charge in [-0.1, -0.05) is 182 Å². The molecule has 76 heavy (non-hydrogen) atoms. The zero-order valence-electron chi connectivity index (χ0n) is 40.6. The molecule has 0 spiro atoms. The van der Waals surface area contributed by atoms with Crippen LogP contribution in [0.1, 0.15) is 0 Å². The fourth-order valence-electron chi connectivity index (χ4n) is 11.6. The van der Waals surface area contributed by atoms with Crippen molar-refractivity contribution in [3.8, 4) is 73.2 Å². The van der Waals surface area contributed by atoms with Crippen molar-refractivity contribution in [2.24, 2.45) is 0 Å². The lowest BCUT2D eigenvalue weighted by Crippen LogP contribution is -2.07. The van der Waals surface area contributed by atoms with Gasteiger partial charge in [0.25, 0.3) is 0 Å². The van der Waals surface area contributed by atoms with Gasteiger partial charge < -0.3 is 13.3 Å². The number of fused-ring (bicyclic) bond motifs is 12. The van der Waals surface area contributed by atoms with Crippen LogP contribution in [0.3, 0.4) is 0 Å². The number of para-hydroxylation sites is 5. The Morgan fingerprint density at radius 3 is 1.58 bits per heavy atom. The fraction of sp³-hybridized carbons (Fsp3) is 0. The van der Waals surface area contributed by atoms with Crippen LogP contribution in [0.5, 0.6) is 0 Å². The zero-order valence-corrected chi connectivity index (χ0v) is 40.6. The SMILES string of the molecule is c1ccc(-c2nc(-c3ccc4c(c3)oc3ccccc34)nc(-n3c4ccc(-c5cccc6c5oc5ccccc56)cc4c4cccc(-c5cccc(-c6cccc(-c7cccc8oc9ccccc9c78)c6)c5)c43)n2)cc1. The van der Waals surface area contributed by atoms with Gasteiger partial charge in [-0.15, -0.1) is 0 Å². The number of hydrogen-bond acceptors (Lipinski definition) is 6. The largest absolute Gasteiger partial charge is 0.456 e. The lowest BCUT2D eigenvalue weighted by atomic mass is 9.94. The summed E-state index contributed by atoms with van der Waals surface area (Å²) >= 11 is 0. The lowest BCUT2D eigenvalue weighted by Gasteiger charge is -2.14. The summed E-state index contributed by atoms with van der Waals surface area (Å²) in [6, 6.07) is 84.7. The van der Waals surface area contributed by atoms with E-state index in [9.17, 15) is 0 Å². The van der Waals surface area contributed by atoms with E-state index in [0.717, 1.165) is 143 Å². The van der Waals surface area contributed by atoms with E-state index in [-0.39, 0.29) is 0 Å². The Bertz CT molecular complexity index is 5020. The van der Waals surface area contributed by atoms with Crippen LogP contribution in [0, 0.1) is 0 Å². The van der Waals surface area contributed by atoms with Gasteiger partial charge >= 0.3 is 0 Å². The summed E-state index contributed by atoms with van der Waals surface area (Å²) in [5.41, 5.74) is 17.3. The highest BCUT2D eigenvalue weighted by Crippen LogP contribution is 2.44. The number of benzene rings is 11. The molecule has 7 nitrogen and oxygen atoms in total. The van der Waals surface area contributed by atoms with E-state index in [0.29, 0.717) is 17.6 Å². The van der Waals surface area contributed by atoms with E-state index in [1.807, 2.05) is 78.9 Å². The van der Waals surface area contributed by atoms with Gasteiger partial charge in [-0.25, -0.2) is 4.98 Å². The molecule has 5 heterocycles. The number of furan rings is 3. The molecular weight excluding hydrogens is 933 g/mol. The molecule has 0 fully saturated rings. The van der Waals surface area contributed by atoms with E-state index in [4.69, 9.17) is 28.2 Å². The van der Waals surface area contributed by atoms with Crippen LogP contribution in [-0.4, -0.2) is 19.5 Å². The van der Waals surface area contributed by atoms with Gasteiger partial charge in [0.05, 0.1) is 11.0 Å². The van der Waals surface area contributed by atoms with Gasteiger partial charge in [0.2, 0.25) is 5.95 Å². The third-order valence-electron chi connectivity index (χ3n) is 15.1. The second-order valence-electron chi connectivity index (χ2n) is 19.4. The van der Waals surface area contributed by atoms with Crippen molar-refractivity contribution in [2.45, 2.75) is 0 Å². The molecular formula is C69H40N4O3. The highest BCUT2D eigenvalue weighted by atomic mass is 16.3. The van der Waals surface area contributed by atoms with Crippen molar-refractivity contribution in [1.29, 1.82) is 0 Å². The third-order valence-corrected chi connectivity index (χ3v) is 15.1. The third kappa shape index (κ3) is 6.59. The van der Waals surface area contributed by atoms with Gasteiger partial charge in [-0.3, -0.25) is 4.57 Å². The van der Waals surface area contributed by atoms with E-state index >= 15 is 0 Å². The number of rotatable bonds is 7. The molecule has 11 aromatic carbocycles. The Morgan fingerprint density at radius 2 is 0.789 bits per heavy atom. The minimum Gasteiger partial charge on any atom is -0.456 e. The molecule has 16 rings (SSSR count). The average Bonchev–Trinajstić information content (AvgIpc) is 4.26. The molecule has 0 aliphatic heterocycles. The molecule has 0 aliphatic rings. The number of hydrogen-bond donors (Lipinski definition) is 0. The zero-order chi connectivity index (χ0) is 49.8. The summed E-state index contributed by atoms with van der Waals surface area (Å²) in [6.07, 6.45) is 0. The maximum Gasteiger partial charge on any atom is 0.238 e. The molecule has 0 aliphatic carbocycles. The summed E-state index contributed by atoms with van der Waals surface area (Å²) in [4.78, 5) is 16.0. The van der Waals surface area contributed by atoms with Gasteiger partial charge in [-0.05, 0) is 94.0 Å². The summed E-state index contributed by atoms with van der Waals surface area (Å²) < 4.78 is 21.6. The minimum atomic E-state index is 0.498. The first-order valence-corrected chi connectivity index (χ1v) is 25.5. The van der Waals surface area contributed by atoms with Gasteiger partial charge in [0.15, 0.2) is 11.6 Å². The molecule has 16 aromatic rings. The molecule has 0 radical (unpaired) electrons. The first-order valence-electron chi connectivity index (χ1n) is 25.5. The first kappa shape index (κ1) is 42.2. The molecule has 0 saturated heterocycles. The van der Waals surface area contributed by atoms with Gasteiger partial charge in [0.1, 0.15) is 33.5 Å². The fourth-order valence-corrected chi connectivity index (χ4v) is 11.6. The van der Waals surface area contributed by atoms with Crippen LogP contribution in [0.15, 0.2) is 256 Å². The highest BCUT2D eigenvalue weighted by Gasteiger charge is 2.23. The lowest BCUT2D eigenvalue weighted by molar-refractivity contribution is 0.668.